The Morgan fingerprint density at radius 1 is 1.17 bits per heavy atom. The number of β-amino-alcohol motifs (C(OH)–C–C–N with tert-alkyl or cyclic N) is 1. The molecular formula is C26H25N5O4. The van der Waals surface area contributed by atoms with E-state index < -0.39 is 6.10 Å². The van der Waals surface area contributed by atoms with Gasteiger partial charge in [0.2, 0.25) is 0 Å². The molecule has 2 aromatic heterocycles. The summed E-state index contributed by atoms with van der Waals surface area (Å²) in [7, 11) is 0. The standard InChI is InChI=1S/C26H25N5O4/c27-13-19-12-18(2-4-24(19)35-21-6-9-34-10-7-21)22-5-8-28-25(30-22)11-17-1-3-23(29-14-17)26(33)31-15-20(32)16-31/h1-5,8,12,14,20-21,32H,6-7,9-11,15-16H2. The molecule has 9 nitrogen and oxygen atoms in total. The largest absolute Gasteiger partial charge is 0.489 e. The van der Waals surface area contributed by atoms with Crippen molar-refractivity contribution >= 4 is 5.91 Å². The van der Waals surface area contributed by atoms with Crippen molar-refractivity contribution < 1.29 is 19.4 Å². The van der Waals surface area contributed by atoms with Crippen LogP contribution in [0.5, 0.6) is 5.75 Å². The van der Waals surface area contributed by atoms with Crippen LogP contribution in [0.3, 0.4) is 0 Å². The van der Waals surface area contributed by atoms with Gasteiger partial charge in [-0.25, -0.2) is 9.97 Å². The maximum atomic E-state index is 12.3. The number of likely N-dealkylation sites (tertiary alicyclic amines) is 1. The normalized spacial score (nSPS) is 16.4. The van der Waals surface area contributed by atoms with Crippen LogP contribution in [0.1, 0.15) is 40.3 Å². The van der Waals surface area contributed by atoms with Crippen LogP contribution in [0.2, 0.25) is 0 Å². The summed E-state index contributed by atoms with van der Waals surface area (Å²) < 4.78 is 11.4. The van der Waals surface area contributed by atoms with Gasteiger partial charge in [-0.15, -0.1) is 0 Å². The lowest BCUT2D eigenvalue weighted by Crippen LogP contribution is -2.53. The first-order valence-electron chi connectivity index (χ1n) is 11.6. The van der Waals surface area contributed by atoms with Gasteiger partial charge < -0.3 is 19.5 Å². The molecule has 1 N–H and O–H groups in total. The van der Waals surface area contributed by atoms with Gasteiger partial charge in [-0.3, -0.25) is 9.78 Å². The number of ether oxygens (including phenoxy) is 2. The van der Waals surface area contributed by atoms with Crippen molar-refractivity contribution in [1.82, 2.24) is 19.9 Å². The minimum absolute atomic E-state index is 0.0557. The SMILES string of the molecule is N#Cc1cc(-c2ccnc(Cc3ccc(C(=O)N4CC(O)C4)nc3)n2)ccc1OC1CCOCC1. The number of aromatic nitrogens is 3. The van der Waals surface area contributed by atoms with Gasteiger partial charge in [-0.05, 0) is 35.9 Å². The van der Waals surface area contributed by atoms with E-state index in [9.17, 15) is 15.2 Å². The van der Waals surface area contributed by atoms with Crippen LogP contribution in [0.15, 0.2) is 48.8 Å². The number of nitrogens with zero attached hydrogens (tertiary/aromatic N) is 5. The minimum Gasteiger partial charge on any atom is -0.489 e. The van der Waals surface area contributed by atoms with Crippen LogP contribution in [0.25, 0.3) is 11.3 Å². The van der Waals surface area contributed by atoms with E-state index in [0.29, 0.717) is 61.2 Å². The fourth-order valence-electron chi connectivity index (χ4n) is 4.12. The molecule has 5 rings (SSSR count). The quantitative estimate of drug-likeness (QED) is 0.582. The molecule has 1 amide bonds. The molecule has 3 aromatic rings. The van der Waals surface area contributed by atoms with Crippen LogP contribution in [0.4, 0.5) is 0 Å². The predicted octanol–water partition coefficient (Wildman–Crippen LogP) is 2.38. The molecule has 0 saturated carbocycles. The van der Waals surface area contributed by atoms with Gasteiger partial charge in [0.15, 0.2) is 0 Å². The van der Waals surface area contributed by atoms with E-state index in [1.165, 1.54) is 0 Å². The van der Waals surface area contributed by atoms with E-state index in [1.54, 1.807) is 35.5 Å². The van der Waals surface area contributed by atoms with Crippen molar-refractivity contribution in [1.29, 1.82) is 5.26 Å². The van der Waals surface area contributed by atoms with Crippen molar-refractivity contribution in [2.45, 2.75) is 31.5 Å². The number of aliphatic hydroxyl groups is 1. The van der Waals surface area contributed by atoms with Gasteiger partial charge in [0.1, 0.15) is 29.4 Å². The number of benzene rings is 1. The lowest BCUT2D eigenvalue weighted by atomic mass is 10.1. The molecule has 0 unspecified atom stereocenters. The zero-order valence-electron chi connectivity index (χ0n) is 19.1. The summed E-state index contributed by atoms with van der Waals surface area (Å²) in [5, 5.41) is 19.0. The number of carbonyl (C=O) groups is 1. The number of pyridine rings is 1. The van der Waals surface area contributed by atoms with Gasteiger partial charge in [0, 0.05) is 50.3 Å². The van der Waals surface area contributed by atoms with Crippen LogP contribution in [-0.4, -0.2) is 69.4 Å². The molecule has 0 spiro atoms. The first-order chi connectivity index (χ1) is 17.1. The number of amides is 1. The molecule has 0 bridgehead atoms. The maximum Gasteiger partial charge on any atom is 0.272 e. The molecule has 9 heteroatoms. The van der Waals surface area contributed by atoms with Crippen molar-refractivity contribution in [2.24, 2.45) is 0 Å². The Bertz CT molecular complexity index is 1250. The second-order valence-corrected chi connectivity index (χ2v) is 8.70. The summed E-state index contributed by atoms with van der Waals surface area (Å²) in [6.45, 7) is 2.04. The Balaban J connectivity index is 1.28. The van der Waals surface area contributed by atoms with Crippen LogP contribution in [0, 0.1) is 11.3 Å². The third-order valence-corrected chi connectivity index (χ3v) is 6.12. The Morgan fingerprint density at radius 3 is 2.71 bits per heavy atom. The molecule has 2 aliphatic rings. The molecular weight excluding hydrogens is 446 g/mol. The van der Waals surface area contributed by atoms with Crippen molar-refractivity contribution in [3.63, 3.8) is 0 Å². The van der Waals surface area contributed by atoms with Gasteiger partial charge >= 0.3 is 0 Å². The molecule has 2 fully saturated rings. The smallest absolute Gasteiger partial charge is 0.272 e. The molecule has 2 saturated heterocycles. The fourth-order valence-corrected chi connectivity index (χ4v) is 4.12. The molecule has 0 aliphatic carbocycles. The third-order valence-electron chi connectivity index (χ3n) is 6.12. The zero-order chi connectivity index (χ0) is 24.2. The van der Waals surface area contributed by atoms with Gasteiger partial charge in [-0.1, -0.05) is 6.07 Å². The fraction of sp³-hybridized carbons (Fsp3) is 0.346. The summed E-state index contributed by atoms with van der Waals surface area (Å²) in [5.41, 5.74) is 3.21. The summed E-state index contributed by atoms with van der Waals surface area (Å²) in [4.78, 5) is 27.2. The second kappa shape index (κ2) is 10.2. The summed E-state index contributed by atoms with van der Waals surface area (Å²) in [6.07, 6.45) is 5.03. The van der Waals surface area contributed by atoms with Gasteiger partial charge in [-0.2, -0.15) is 5.26 Å². The highest BCUT2D eigenvalue weighted by atomic mass is 16.5. The molecule has 4 heterocycles. The first-order valence-corrected chi connectivity index (χ1v) is 11.6. The molecule has 1 aromatic carbocycles. The van der Waals surface area contributed by atoms with E-state index in [0.717, 1.165) is 24.0 Å². The van der Waals surface area contributed by atoms with E-state index in [4.69, 9.17) is 9.47 Å². The van der Waals surface area contributed by atoms with Gasteiger partial charge in [0.05, 0.1) is 30.6 Å². The zero-order valence-corrected chi connectivity index (χ0v) is 19.1. The highest BCUT2D eigenvalue weighted by Gasteiger charge is 2.30. The summed E-state index contributed by atoms with van der Waals surface area (Å²) in [6, 6.07) is 13.1. The third kappa shape index (κ3) is 5.29. The minimum atomic E-state index is -0.442. The second-order valence-electron chi connectivity index (χ2n) is 8.70. The van der Waals surface area contributed by atoms with Crippen LogP contribution >= 0.6 is 0 Å². The van der Waals surface area contributed by atoms with Crippen LogP contribution in [-0.2, 0) is 11.2 Å². The topological polar surface area (TPSA) is 121 Å². The summed E-state index contributed by atoms with van der Waals surface area (Å²) in [5.74, 6) is 0.999. The van der Waals surface area contributed by atoms with Crippen molar-refractivity contribution in [3.05, 3.63) is 71.4 Å². The van der Waals surface area contributed by atoms with E-state index >= 15 is 0 Å². The number of carbonyl (C=O) groups excluding carboxylic acids is 1. The molecule has 2 aliphatic heterocycles. The highest BCUT2D eigenvalue weighted by Crippen LogP contribution is 2.27. The molecule has 35 heavy (non-hydrogen) atoms. The monoisotopic (exact) mass is 471 g/mol. The van der Waals surface area contributed by atoms with E-state index in [1.807, 2.05) is 18.2 Å². The molecule has 0 atom stereocenters. The number of nitriles is 1. The number of hydrogen-bond donors (Lipinski definition) is 1. The lowest BCUT2D eigenvalue weighted by Gasteiger charge is -2.35. The van der Waals surface area contributed by atoms with Crippen molar-refractivity contribution in [3.8, 4) is 23.1 Å². The maximum absolute atomic E-state index is 12.3. The first kappa shape index (κ1) is 22.9. The summed E-state index contributed by atoms with van der Waals surface area (Å²) >= 11 is 0. The number of aliphatic hydroxyl groups excluding tert-OH is 1. The van der Waals surface area contributed by atoms with Gasteiger partial charge in [0.25, 0.3) is 5.91 Å². The molecule has 178 valence electrons. The van der Waals surface area contributed by atoms with E-state index in [2.05, 4.69) is 21.0 Å². The average molecular weight is 472 g/mol. The predicted molar refractivity (Wildman–Crippen MR) is 126 cm³/mol. The molecule has 0 radical (unpaired) electrons. The average Bonchev–Trinajstić information content (AvgIpc) is 2.88. The van der Waals surface area contributed by atoms with Crippen molar-refractivity contribution in [2.75, 3.05) is 26.3 Å². The number of rotatable bonds is 6. The highest BCUT2D eigenvalue weighted by molar-refractivity contribution is 5.92. The Labute approximate surface area is 203 Å². The Morgan fingerprint density at radius 2 is 2.00 bits per heavy atom. The lowest BCUT2D eigenvalue weighted by molar-refractivity contribution is 0.00550. The van der Waals surface area contributed by atoms with E-state index in [-0.39, 0.29) is 12.0 Å². The van der Waals surface area contributed by atoms with Crippen LogP contribution < -0.4 is 4.74 Å². The number of hydrogen-bond acceptors (Lipinski definition) is 8. The Hall–Kier alpha value is -3.87. The Kier molecular flexibility index (Phi) is 6.66.